The van der Waals surface area contributed by atoms with Crippen molar-refractivity contribution in [1.29, 1.82) is 0 Å². The first-order valence-corrected chi connectivity index (χ1v) is 6.69. The molecule has 0 fully saturated rings. The van der Waals surface area contributed by atoms with E-state index in [1.165, 1.54) is 11.3 Å². The van der Waals surface area contributed by atoms with Crippen LogP contribution in [0.3, 0.4) is 0 Å². The van der Waals surface area contributed by atoms with Crippen LogP contribution in [-0.4, -0.2) is 22.7 Å². The number of ether oxygens (including phenoxy) is 1. The summed E-state index contributed by atoms with van der Waals surface area (Å²) >= 11 is 1.50. The van der Waals surface area contributed by atoms with Crippen LogP contribution in [0.25, 0.3) is 10.4 Å². The molecular weight excluding hydrogens is 264 g/mol. The minimum absolute atomic E-state index is 0.0726. The van der Waals surface area contributed by atoms with Crippen LogP contribution in [0.2, 0.25) is 0 Å². The molecule has 100 valence electrons. The molecule has 0 unspecified atom stereocenters. The van der Waals surface area contributed by atoms with Crippen LogP contribution < -0.4 is 10.1 Å². The van der Waals surface area contributed by atoms with Gasteiger partial charge in [-0.05, 0) is 37.6 Å². The second-order valence-corrected chi connectivity index (χ2v) is 4.72. The SMILES string of the molecule is CCNC(=O)Oc1ccc(-c2scnc2C)cc1O. The number of nitrogens with one attached hydrogen (secondary N) is 1. The molecule has 2 rings (SSSR count). The van der Waals surface area contributed by atoms with E-state index >= 15 is 0 Å². The topological polar surface area (TPSA) is 71.5 Å². The highest BCUT2D eigenvalue weighted by Gasteiger charge is 2.11. The Balaban J connectivity index is 2.23. The Bertz CT molecular complexity index is 595. The van der Waals surface area contributed by atoms with Crippen molar-refractivity contribution in [2.45, 2.75) is 13.8 Å². The number of carbonyl (C=O) groups excluding carboxylic acids is 1. The van der Waals surface area contributed by atoms with Gasteiger partial charge in [0, 0.05) is 6.54 Å². The number of phenolic OH excluding ortho intramolecular Hbond substituents is 1. The summed E-state index contributed by atoms with van der Waals surface area (Å²) in [5.41, 5.74) is 3.50. The molecule has 1 heterocycles. The maximum absolute atomic E-state index is 11.3. The Hall–Kier alpha value is -2.08. The number of benzene rings is 1. The minimum Gasteiger partial charge on any atom is -0.504 e. The summed E-state index contributed by atoms with van der Waals surface area (Å²) in [6, 6.07) is 4.92. The first-order valence-electron chi connectivity index (χ1n) is 5.81. The molecule has 0 bridgehead atoms. The second-order valence-electron chi connectivity index (χ2n) is 3.87. The number of hydrogen-bond acceptors (Lipinski definition) is 5. The van der Waals surface area contributed by atoms with Gasteiger partial charge in [-0.1, -0.05) is 0 Å². The van der Waals surface area contributed by atoms with E-state index in [1.807, 2.05) is 6.92 Å². The largest absolute Gasteiger partial charge is 0.504 e. The van der Waals surface area contributed by atoms with Crippen LogP contribution in [0.4, 0.5) is 4.79 Å². The molecule has 2 N–H and O–H groups in total. The molecule has 0 radical (unpaired) electrons. The van der Waals surface area contributed by atoms with Gasteiger partial charge in [-0.15, -0.1) is 11.3 Å². The normalized spacial score (nSPS) is 10.2. The van der Waals surface area contributed by atoms with E-state index in [0.29, 0.717) is 6.54 Å². The molecule has 1 amide bonds. The highest BCUT2D eigenvalue weighted by molar-refractivity contribution is 7.13. The van der Waals surface area contributed by atoms with Crippen molar-refractivity contribution in [3.8, 4) is 21.9 Å². The van der Waals surface area contributed by atoms with E-state index in [2.05, 4.69) is 10.3 Å². The molecule has 0 aliphatic heterocycles. The predicted octanol–water partition coefficient (Wildman–Crippen LogP) is 2.93. The molecule has 0 aliphatic rings. The lowest BCUT2D eigenvalue weighted by molar-refractivity contribution is 0.199. The van der Waals surface area contributed by atoms with Gasteiger partial charge >= 0.3 is 6.09 Å². The van der Waals surface area contributed by atoms with Gasteiger partial charge in [-0.3, -0.25) is 0 Å². The molecule has 0 aliphatic carbocycles. The first kappa shape index (κ1) is 13.4. The lowest BCUT2D eigenvalue weighted by Gasteiger charge is -2.08. The summed E-state index contributed by atoms with van der Waals surface area (Å²) in [7, 11) is 0. The Labute approximate surface area is 114 Å². The first-order chi connectivity index (χ1) is 9.11. The summed E-state index contributed by atoms with van der Waals surface area (Å²) in [6.45, 7) is 4.16. The number of nitrogens with zero attached hydrogens (tertiary/aromatic N) is 1. The van der Waals surface area contributed by atoms with E-state index in [4.69, 9.17) is 4.74 Å². The van der Waals surface area contributed by atoms with Crippen molar-refractivity contribution < 1.29 is 14.6 Å². The van der Waals surface area contributed by atoms with E-state index < -0.39 is 6.09 Å². The van der Waals surface area contributed by atoms with E-state index in [-0.39, 0.29) is 11.5 Å². The zero-order valence-electron chi connectivity index (χ0n) is 10.6. The molecule has 0 saturated heterocycles. The van der Waals surface area contributed by atoms with Crippen LogP contribution in [0.15, 0.2) is 23.7 Å². The fourth-order valence-corrected chi connectivity index (χ4v) is 2.41. The van der Waals surface area contributed by atoms with Gasteiger partial charge in [0.1, 0.15) is 0 Å². The van der Waals surface area contributed by atoms with Crippen LogP contribution in [0.5, 0.6) is 11.5 Å². The quantitative estimate of drug-likeness (QED) is 0.905. The molecule has 0 atom stereocenters. The van der Waals surface area contributed by atoms with Crippen molar-refractivity contribution >= 4 is 17.4 Å². The standard InChI is InChI=1S/C13H14N2O3S/c1-3-14-13(17)18-11-5-4-9(6-10(11)16)12-8(2)15-7-19-12/h4-7,16H,3H2,1-2H3,(H,14,17). The maximum atomic E-state index is 11.3. The van der Waals surface area contributed by atoms with Crippen LogP contribution >= 0.6 is 11.3 Å². The highest BCUT2D eigenvalue weighted by atomic mass is 32.1. The summed E-state index contributed by atoms with van der Waals surface area (Å²) in [5.74, 6) is 0.0634. The summed E-state index contributed by atoms with van der Waals surface area (Å²) in [5, 5.41) is 12.4. The number of thiazole rings is 1. The van der Waals surface area contributed by atoms with Gasteiger partial charge in [0.2, 0.25) is 0 Å². The second kappa shape index (κ2) is 5.71. The Morgan fingerprint density at radius 2 is 2.32 bits per heavy atom. The third-order valence-corrected chi connectivity index (χ3v) is 3.47. The zero-order chi connectivity index (χ0) is 13.8. The van der Waals surface area contributed by atoms with Crippen LogP contribution in [0.1, 0.15) is 12.6 Å². The predicted molar refractivity (Wildman–Crippen MR) is 73.7 cm³/mol. The Morgan fingerprint density at radius 1 is 1.53 bits per heavy atom. The third kappa shape index (κ3) is 3.03. The fourth-order valence-electron chi connectivity index (χ4n) is 1.60. The molecular formula is C13H14N2O3S. The summed E-state index contributed by atoms with van der Waals surface area (Å²) < 4.78 is 4.98. The smallest absolute Gasteiger partial charge is 0.412 e. The summed E-state index contributed by atoms with van der Waals surface area (Å²) in [6.07, 6.45) is -0.584. The number of aromatic hydroxyl groups is 1. The van der Waals surface area contributed by atoms with Crippen molar-refractivity contribution in [2.75, 3.05) is 6.54 Å². The number of aromatic nitrogens is 1. The van der Waals surface area contributed by atoms with Gasteiger partial charge in [0.25, 0.3) is 0 Å². The number of hydrogen-bond donors (Lipinski definition) is 2. The summed E-state index contributed by atoms with van der Waals surface area (Å²) in [4.78, 5) is 16.4. The van der Waals surface area contributed by atoms with Crippen LogP contribution in [-0.2, 0) is 0 Å². The molecule has 1 aromatic carbocycles. The third-order valence-electron chi connectivity index (χ3n) is 2.49. The average molecular weight is 278 g/mol. The van der Waals surface area contributed by atoms with E-state index in [9.17, 15) is 9.90 Å². The molecule has 6 heteroatoms. The van der Waals surface area contributed by atoms with E-state index in [0.717, 1.165) is 16.1 Å². The Kier molecular flexibility index (Phi) is 4.01. The molecule has 0 saturated carbocycles. The number of carbonyl (C=O) groups is 1. The van der Waals surface area contributed by atoms with Gasteiger partial charge in [-0.25, -0.2) is 9.78 Å². The van der Waals surface area contributed by atoms with Crippen molar-refractivity contribution in [1.82, 2.24) is 10.3 Å². The lowest BCUT2D eigenvalue weighted by Crippen LogP contribution is -2.26. The highest BCUT2D eigenvalue weighted by Crippen LogP contribution is 2.34. The molecule has 2 aromatic rings. The fraction of sp³-hybridized carbons (Fsp3) is 0.231. The molecule has 5 nitrogen and oxygen atoms in total. The molecule has 0 spiro atoms. The monoisotopic (exact) mass is 278 g/mol. The van der Waals surface area contributed by atoms with E-state index in [1.54, 1.807) is 30.6 Å². The maximum Gasteiger partial charge on any atom is 0.412 e. The van der Waals surface area contributed by atoms with Crippen molar-refractivity contribution in [3.63, 3.8) is 0 Å². The van der Waals surface area contributed by atoms with Gasteiger partial charge in [0.05, 0.1) is 16.1 Å². The number of amides is 1. The number of phenols is 1. The zero-order valence-corrected chi connectivity index (χ0v) is 11.5. The van der Waals surface area contributed by atoms with Gasteiger partial charge in [0.15, 0.2) is 11.5 Å². The van der Waals surface area contributed by atoms with Gasteiger partial charge in [-0.2, -0.15) is 0 Å². The average Bonchev–Trinajstić information content (AvgIpc) is 2.78. The number of rotatable bonds is 3. The molecule has 19 heavy (non-hydrogen) atoms. The van der Waals surface area contributed by atoms with Crippen LogP contribution in [0, 0.1) is 6.92 Å². The van der Waals surface area contributed by atoms with Gasteiger partial charge < -0.3 is 15.2 Å². The lowest BCUT2D eigenvalue weighted by atomic mass is 10.1. The Morgan fingerprint density at radius 3 is 2.89 bits per heavy atom. The minimum atomic E-state index is -0.584. The van der Waals surface area contributed by atoms with Crippen molar-refractivity contribution in [3.05, 3.63) is 29.4 Å². The van der Waals surface area contributed by atoms with Crippen molar-refractivity contribution in [2.24, 2.45) is 0 Å². The molecule has 1 aromatic heterocycles. The number of aryl methyl sites for hydroxylation is 1.